The summed E-state index contributed by atoms with van der Waals surface area (Å²) in [6.45, 7) is 1.22. The molecule has 1 aromatic carbocycles. The zero-order chi connectivity index (χ0) is 16.0. The van der Waals surface area contributed by atoms with Crippen LogP contribution in [0.15, 0.2) is 30.3 Å². The Labute approximate surface area is 122 Å². The molecule has 0 heterocycles. The van der Waals surface area contributed by atoms with Crippen molar-refractivity contribution in [2.75, 3.05) is 14.2 Å². The molecule has 1 N–H and O–H groups in total. The number of Topliss-reactive ketones (excluding diaryl/α,β-unsaturated/α-hetero) is 1. The molecule has 0 spiro atoms. The summed E-state index contributed by atoms with van der Waals surface area (Å²) in [5, 5.41) is 10.7. The van der Waals surface area contributed by atoms with Gasteiger partial charge in [0.05, 0.1) is 14.2 Å². The van der Waals surface area contributed by atoms with Crippen LogP contribution in [0.1, 0.15) is 24.8 Å². The van der Waals surface area contributed by atoms with E-state index in [0.717, 1.165) is 14.2 Å². The molecule has 0 fully saturated rings. The highest BCUT2D eigenvalue weighted by Gasteiger charge is 2.51. The van der Waals surface area contributed by atoms with E-state index in [-0.39, 0.29) is 0 Å². The minimum absolute atomic E-state index is 0.360. The number of aliphatic hydroxyl groups is 1. The molecule has 0 aromatic heterocycles. The van der Waals surface area contributed by atoms with E-state index in [1.165, 1.54) is 6.92 Å². The maximum atomic E-state index is 12.1. The number of ether oxygens (including phenoxy) is 2. The van der Waals surface area contributed by atoms with Crippen molar-refractivity contribution in [1.82, 2.24) is 0 Å². The second-order valence-electron chi connectivity index (χ2n) is 4.66. The van der Waals surface area contributed by atoms with E-state index in [4.69, 9.17) is 0 Å². The number of benzene rings is 1. The van der Waals surface area contributed by atoms with Crippen molar-refractivity contribution in [3.8, 4) is 0 Å². The van der Waals surface area contributed by atoms with Crippen molar-refractivity contribution >= 4 is 17.7 Å². The van der Waals surface area contributed by atoms with Crippen LogP contribution in [0.3, 0.4) is 0 Å². The minimum atomic E-state index is -2.31. The summed E-state index contributed by atoms with van der Waals surface area (Å²) in [5.74, 6) is -3.68. The van der Waals surface area contributed by atoms with Crippen molar-refractivity contribution in [2.45, 2.75) is 24.9 Å². The number of rotatable bonds is 6. The van der Waals surface area contributed by atoms with Gasteiger partial charge in [0.1, 0.15) is 11.7 Å². The minimum Gasteiger partial charge on any atom is -0.468 e. The molecular weight excluding hydrogens is 276 g/mol. The van der Waals surface area contributed by atoms with Crippen LogP contribution in [0.25, 0.3) is 0 Å². The third-order valence-corrected chi connectivity index (χ3v) is 3.10. The first-order valence-corrected chi connectivity index (χ1v) is 6.29. The summed E-state index contributed by atoms with van der Waals surface area (Å²) in [7, 11) is 2.22. The Balaban J connectivity index is 3.41. The zero-order valence-electron chi connectivity index (χ0n) is 12.2. The van der Waals surface area contributed by atoms with E-state index in [1.54, 1.807) is 30.3 Å². The van der Waals surface area contributed by atoms with Gasteiger partial charge in [-0.2, -0.15) is 0 Å². The third kappa shape index (κ3) is 3.66. The summed E-state index contributed by atoms with van der Waals surface area (Å²) in [5.41, 5.74) is -1.95. The second-order valence-corrected chi connectivity index (χ2v) is 4.66. The number of methoxy groups -OCH3 is 2. The molecule has 1 rings (SSSR count). The molecule has 0 radical (unpaired) electrons. The first-order valence-electron chi connectivity index (χ1n) is 6.29. The number of carbonyl (C=O) groups is 3. The fraction of sp³-hybridized carbons (Fsp3) is 0.400. The Morgan fingerprint density at radius 3 is 2.14 bits per heavy atom. The van der Waals surface area contributed by atoms with E-state index < -0.39 is 35.7 Å². The molecule has 6 heteroatoms. The summed E-state index contributed by atoms with van der Waals surface area (Å²) in [6, 6.07) is 8.15. The largest absolute Gasteiger partial charge is 0.468 e. The van der Waals surface area contributed by atoms with E-state index >= 15 is 0 Å². The van der Waals surface area contributed by atoms with Gasteiger partial charge in [-0.15, -0.1) is 0 Å². The van der Waals surface area contributed by atoms with E-state index in [1.807, 2.05) is 0 Å². The molecule has 0 aliphatic carbocycles. The molecule has 2 atom stereocenters. The fourth-order valence-electron chi connectivity index (χ4n) is 2.22. The number of carbonyl (C=O) groups excluding carboxylic acids is 3. The van der Waals surface area contributed by atoms with Gasteiger partial charge in [-0.05, 0) is 12.5 Å². The predicted octanol–water partition coefficient (Wildman–Crippen LogP) is 0.826. The van der Waals surface area contributed by atoms with Crippen LogP contribution in [0, 0.1) is 0 Å². The molecule has 0 aliphatic heterocycles. The summed E-state index contributed by atoms with van der Waals surface area (Å²) >= 11 is 0. The lowest BCUT2D eigenvalue weighted by Crippen LogP contribution is -2.50. The Bertz CT molecular complexity index is 524. The van der Waals surface area contributed by atoms with E-state index in [2.05, 4.69) is 9.47 Å². The molecule has 21 heavy (non-hydrogen) atoms. The number of esters is 2. The van der Waals surface area contributed by atoms with Gasteiger partial charge in [-0.3, -0.25) is 9.59 Å². The van der Waals surface area contributed by atoms with Crippen LogP contribution in [0.2, 0.25) is 0 Å². The van der Waals surface area contributed by atoms with Crippen LogP contribution in [0.5, 0.6) is 0 Å². The van der Waals surface area contributed by atoms with Crippen molar-refractivity contribution in [3.05, 3.63) is 35.9 Å². The van der Waals surface area contributed by atoms with Crippen molar-refractivity contribution in [2.24, 2.45) is 0 Å². The topological polar surface area (TPSA) is 89.9 Å². The lowest BCUT2D eigenvalue weighted by molar-refractivity contribution is -0.174. The highest BCUT2D eigenvalue weighted by Crippen LogP contribution is 2.34. The molecule has 0 amide bonds. The molecule has 0 unspecified atom stereocenters. The highest BCUT2D eigenvalue weighted by molar-refractivity contribution is 5.95. The normalized spacial score (nSPS) is 14.7. The molecule has 1 aromatic rings. The molecule has 0 saturated heterocycles. The smallest absolute Gasteiger partial charge is 0.339 e. The van der Waals surface area contributed by atoms with Gasteiger partial charge in [0.25, 0.3) is 0 Å². The summed E-state index contributed by atoms with van der Waals surface area (Å²) < 4.78 is 9.24. The lowest BCUT2D eigenvalue weighted by Gasteiger charge is -2.31. The van der Waals surface area contributed by atoms with Gasteiger partial charge < -0.3 is 14.6 Å². The predicted molar refractivity (Wildman–Crippen MR) is 73.5 cm³/mol. The molecule has 114 valence electrons. The lowest BCUT2D eigenvalue weighted by atomic mass is 9.78. The van der Waals surface area contributed by atoms with Crippen LogP contribution >= 0.6 is 0 Å². The first kappa shape index (κ1) is 16.8. The van der Waals surface area contributed by atoms with Crippen LogP contribution in [0.4, 0.5) is 0 Å². The quantitative estimate of drug-likeness (QED) is 0.781. The average molecular weight is 294 g/mol. The van der Waals surface area contributed by atoms with Crippen LogP contribution in [-0.2, 0) is 23.9 Å². The molecule has 0 aliphatic rings. The Morgan fingerprint density at radius 1 is 1.14 bits per heavy atom. The standard InChI is InChI=1S/C15H18O6/c1-10(16)9-15(19,14(18)21-3)12(13(17)20-2)11-7-5-4-6-8-11/h4-8,12,19H,9H2,1-3H3/t12-,15+/m0/s1. The van der Waals surface area contributed by atoms with Crippen LogP contribution < -0.4 is 0 Å². The van der Waals surface area contributed by atoms with E-state index in [9.17, 15) is 19.5 Å². The SMILES string of the molecule is COC(=O)[C@H](c1ccccc1)[C@](O)(CC(C)=O)C(=O)OC. The summed E-state index contributed by atoms with van der Waals surface area (Å²) in [6.07, 6.45) is -0.547. The van der Waals surface area contributed by atoms with Gasteiger partial charge in [-0.25, -0.2) is 4.79 Å². The van der Waals surface area contributed by atoms with Gasteiger partial charge in [0.15, 0.2) is 5.60 Å². The Morgan fingerprint density at radius 2 is 1.71 bits per heavy atom. The monoisotopic (exact) mass is 294 g/mol. The first-order chi connectivity index (χ1) is 9.86. The number of ketones is 1. The maximum absolute atomic E-state index is 12.1. The van der Waals surface area contributed by atoms with Crippen molar-refractivity contribution < 1.29 is 29.0 Å². The van der Waals surface area contributed by atoms with Gasteiger partial charge >= 0.3 is 11.9 Å². The van der Waals surface area contributed by atoms with Gasteiger partial charge in [0.2, 0.25) is 0 Å². The van der Waals surface area contributed by atoms with Gasteiger partial charge in [-0.1, -0.05) is 30.3 Å². The average Bonchev–Trinajstić information content (AvgIpc) is 2.46. The number of hydrogen-bond donors (Lipinski definition) is 1. The van der Waals surface area contributed by atoms with Crippen molar-refractivity contribution in [3.63, 3.8) is 0 Å². The molecule has 6 nitrogen and oxygen atoms in total. The number of hydrogen-bond acceptors (Lipinski definition) is 6. The highest BCUT2D eigenvalue weighted by atomic mass is 16.5. The van der Waals surface area contributed by atoms with Crippen molar-refractivity contribution in [1.29, 1.82) is 0 Å². The molecule has 0 bridgehead atoms. The fourth-order valence-corrected chi connectivity index (χ4v) is 2.22. The zero-order valence-corrected chi connectivity index (χ0v) is 12.2. The Kier molecular flexibility index (Phi) is 5.60. The Hall–Kier alpha value is -2.21. The second kappa shape index (κ2) is 6.99. The third-order valence-electron chi connectivity index (χ3n) is 3.10. The van der Waals surface area contributed by atoms with Crippen LogP contribution in [-0.4, -0.2) is 42.6 Å². The van der Waals surface area contributed by atoms with E-state index in [0.29, 0.717) is 5.56 Å². The molecular formula is C15H18O6. The molecule has 0 saturated carbocycles. The van der Waals surface area contributed by atoms with Gasteiger partial charge in [0, 0.05) is 6.42 Å². The maximum Gasteiger partial charge on any atom is 0.339 e. The summed E-state index contributed by atoms with van der Waals surface area (Å²) in [4.78, 5) is 35.4.